The first-order valence-electron chi connectivity index (χ1n) is 6.14. The van der Waals surface area contributed by atoms with E-state index < -0.39 is 0 Å². The molecule has 0 bridgehead atoms. The maximum Gasteiger partial charge on any atom is 0.236 e. The van der Waals surface area contributed by atoms with Crippen molar-refractivity contribution < 1.29 is 9.53 Å². The van der Waals surface area contributed by atoms with Gasteiger partial charge in [-0.25, -0.2) is 0 Å². The van der Waals surface area contributed by atoms with Crippen LogP contribution in [0.5, 0.6) is 0 Å². The summed E-state index contributed by atoms with van der Waals surface area (Å²) in [5, 5.41) is 6.75. The molecule has 2 N–H and O–H groups in total. The SMILES string of the molecule is COCCCNC(=O)C(C)NCCC(C)SC. The molecule has 0 aliphatic heterocycles. The molecule has 0 aliphatic carbocycles. The molecule has 0 aromatic rings. The highest BCUT2D eigenvalue weighted by Crippen LogP contribution is 2.07. The second-order valence-corrected chi connectivity index (χ2v) is 5.42. The van der Waals surface area contributed by atoms with Crippen molar-refractivity contribution in [2.45, 2.75) is 38.0 Å². The summed E-state index contributed by atoms with van der Waals surface area (Å²) in [6.45, 7) is 6.35. The topological polar surface area (TPSA) is 50.4 Å². The zero-order chi connectivity index (χ0) is 13.1. The number of hydrogen-bond donors (Lipinski definition) is 2. The Balaban J connectivity index is 3.53. The lowest BCUT2D eigenvalue weighted by atomic mass is 10.2. The minimum atomic E-state index is -0.119. The summed E-state index contributed by atoms with van der Waals surface area (Å²) in [5.74, 6) is 0.0675. The van der Waals surface area contributed by atoms with Gasteiger partial charge >= 0.3 is 0 Å². The molecule has 0 aliphatic rings. The summed E-state index contributed by atoms with van der Waals surface area (Å²) < 4.78 is 4.92. The van der Waals surface area contributed by atoms with Crippen LogP contribution in [0.1, 0.15) is 26.7 Å². The van der Waals surface area contributed by atoms with Gasteiger partial charge in [0.2, 0.25) is 5.91 Å². The average Bonchev–Trinajstić information content (AvgIpc) is 2.33. The number of nitrogens with one attached hydrogen (secondary N) is 2. The maximum absolute atomic E-state index is 11.6. The van der Waals surface area contributed by atoms with Crippen molar-refractivity contribution in [1.29, 1.82) is 0 Å². The highest BCUT2D eigenvalue weighted by molar-refractivity contribution is 7.99. The zero-order valence-electron chi connectivity index (χ0n) is 11.4. The Labute approximate surface area is 109 Å². The van der Waals surface area contributed by atoms with Crippen molar-refractivity contribution in [3.8, 4) is 0 Å². The Hall–Kier alpha value is -0.260. The second kappa shape index (κ2) is 10.9. The molecule has 2 atom stereocenters. The van der Waals surface area contributed by atoms with Crippen molar-refractivity contribution in [2.24, 2.45) is 0 Å². The second-order valence-electron chi connectivity index (χ2n) is 4.15. The average molecular weight is 262 g/mol. The van der Waals surface area contributed by atoms with Gasteiger partial charge in [-0.15, -0.1) is 0 Å². The summed E-state index contributed by atoms with van der Waals surface area (Å²) in [5.41, 5.74) is 0. The van der Waals surface area contributed by atoms with Crippen LogP contribution in [0.4, 0.5) is 0 Å². The Morgan fingerprint density at radius 2 is 2.06 bits per heavy atom. The molecule has 0 radical (unpaired) electrons. The zero-order valence-corrected chi connectivity index (χ0v) is 12.2. The first-order valence-corrected chi connectivity index (χ1v) is 7.43. The summed E-state index contributed by atoms with van der Waals surface area (Å²) in [4.78, 5) is 11.6. The molecule has 102 valence electrons. The lowest BCUT2D eigenvalue weighted by molar-refractivity contribution is -0.122. The van der Waals surface area contributed by atoms with Crippen LogP contribution in [0.25, 0.3) is 0 Å². The van der Waals surface area contributed by atoms with Gasteiger partial charge in [-0.3, -0.25) is 4.79 Å². The van der Waals surface area contributed by atoms with Crippen LogP contribution in [0.15, 0.2) is 0 Å². The van der Waals surface area contributed by atoms with E-state index in [1.165, 1.54) is 0 Å². The third-order valence-corrected chi connectivity index (χ3v) is 3.66. The third kappa shape index (κ3) is 9.44. The molecular formula is C12H26N2O2S. The Bertz CT molecular complexity index is 203. The Morgan fingerprint density at radius 3 is 2.65 bits per heavy atom. The van der Waals surface area contributed by atoms with E-state index >= 15 is 0 Å². The van der Waals surface area contributed by atoms with Gasteiger partial charge in [0.1, 0.15) is 0 Å². The molecule has 5 heteroatoms. The number of methoxy groups -OCH3 is 1. The quantitative estimate of drug-likeness (QED) is 0.582. The molecule has 1 amide bonds. The van der Waals surface area contributed by atoms with E-state index in [4.69, 9.17) is 4.74 Å². The fraction of sp³-hybridized carbons (Fsp3) is 0.917. The molecule has 17 heavy (non-hydrogen) atoms. The molecule has 2 unspecified atom stereocenters. The van der Waals surface area contributed by atoms with E-state index in [0.29, 0.717) is 18.4 Å². The first kappa shape index (κ1) is 16.7. The Kier molecular flexibility index (Phi) is 10.7. The van der Waals surface area contributed by atoms with Crippen LogP contribution in [0.3, 0.4) is 0 Å². The number of thioether (sulfide) groups is 1. The van der Waals surface area contributed by atoms with Gasteiger partial charge in [-0.05, 0) is 32.6 Å². The Morgan fingerprint density at radius 1 is 1.35 bits per heavy atom. The number of ether oxygens (including phenoxy) is 1. The van der Waals surface area contributed by atoms with Gasteiger partial charge in [0.05, 0.1) is 6.04 Å². The van der Waals surface area contributed by atoms with Crippen molar-refractivity contribution in [3.63, 3.8) is 0 Å². The largest absolute Gasteiger partial charge is 0.385 e. The van der Waals surface area contributed by atoms with Crippen LogP contribution < -0.4 is 10.6 Å². The van der Waals surface area contributed by atoms with E-state index in [0.717, 1.165) is 19.4 Å². The van der Waals surface area contributed by atoms with Crippen LogP contribution in [0.2, 0.25) is 0 Å². The molecule has 0 rings (SSSR count). The van der Waals surface area contributed by atoms with E-state index in [1.807, 2.05) is 18.7 Å². The van der Waals surface area contributed by atoms with Crippen LogP contribution in [-0.2, 0) is 9.53 Å². The third-order valence-electron chi connectivity index (χ3n) is 2.62. The number of rotatable bonds is 10. The molecule has 0 aromatic heterocycles. The first-order chi connectivity index (χ1) is 8.11. The molecule has 0 saturated carbocycles. The van der Waals surface area contributed by atoms with E-state index in [9.17, 15) is 4.79 Å². The molecule has 0 spiro atoms. The monoisotopic (exact) mass is 262 g/mol. The number of carbonyl (C=O) groups excluding carboxylic acids is 1. The lowest BCUT2D eigenvalue weighted by Gasteiger charge is -2.15. The molecule has 0 heterocycles. The highest BCUT2D eigenvalue weighted by atomic mass is 32.2. The predicted octanol–water partition coefficient (Wildman–Crippen LogP) is 1.26. The maximum atomic E-state index is 11.6. The van der Waals surface area contributed by atoms with E-state index in [-0.39, 0.29) is 11.9 Å². The van der Waals surface area contributed by atoms with Crippen molar-refractivity contribution in [3.05, 3.63) is 0 Å². The number of amides is 1. The molecular weight excluding hydrogens is 236 g/mol. The number of hydrogen-bond acceptors (Lipinski definition) is 4. The molecule has 4 nitrogen and oxygen atoms in total. The smallest absolute Gasteiger partial charge is 0.236 e. The minimum absolute atomic E-state index is 0.0675. The van der Waals surface area contributed by atoms with E-state index in [1.54, 1.807) is 7.11 Å². The summed E-state index contributed by atoms with van der Waals surface area (Å²) in [6.07, 6.45) is 4.05. The van der Waals surface area contributed by atoms with Crippen molar-refractivity contribution in [2.75, 3.05) is 33.1 Å². The van der Waals surface area contributed by atoms with Crippen LogP contribution >= 0.6 is 11.8 Å². The predicted molar refractivity (Wildman–Crippen MR) is 74.6 cm³/mol. The van der Waals surface area contributed by atoms with Gasteiger partial charge < -0.3 is 15.4 Å². The fourth-order valence-electron chi connectivity index (χ4n) is 1.29. The van der Waals surface area contributed by atoms with Crippen molar-refractivity contribution >= 4 is 17.7 Å². The summed E-state index contributed by atoms with van der Waals surface area (Å²) in [6, 6.07) is -0.119. The van der Waals surface area contributed by atoms with Crippen LogP contribution in [-0.4, -0.2) is 50.3 Å². The standard InChI is InChI=1S/C12H26N2O2S/c1-10(17-4)6-8-13-11(2)12(15)14-7-5-9-16-3/h10-11,13H,5-9H2,1-4H3,(H,14,15). The van der Waals surface area contributed by atoms with Gasteiger partial charge in [0.25, 0.3) is 0 Å². The normalized spacial score (nSPS) is 14.4. The summed E-state index contributed by atoms with van der Waals surface area (Å²) in [7, 11) is 1.67. The van der Waals surface area contributed by atoms with E-state index in [2.05, 4.69) is 23.8 Å². The summed E-state index contributed by atoms with van der Waals surface area (Å²) >= 11 is 1.85. The van der Waals surface area contributed by atoms with Gasteiger partial charge in [0, 0.05) is 25.5 Å². The molecule has 0 saturated heterocycles. The minimum Gasteiger partial charge on any atom is -0.385 e. The van der Waals surface area contributed by atoms with Gasteiger partial charge in [0.15, 0.2) is 0 Å². The fourth-order valence-corrected chi connectivity index (χ4v) is 1.65. The molecule has 0 aromatic carbocycles. The van der Waals surface area contributed by atoms with Gasteiger partial charge in [-0.2, -0.15) is 11.8 Å². The highest BCUT2D eigenvalue weighted by Gasteiger charge is 2.11. The number of carbonyl (C=O) groups is 1. The molecule has 0 fully saturated rings. The lowest BCUT2D eigenvalue weighted by Crippen LogP contribution is -2.43. The van der Waals surface area contributed by atoms with Crippen molar-refractivity contribution in [1.82, 2.24) is 10.6 Å². The van der Waals surface area contributed by atoms with Gasteiger partial charge in [-0.1, -0.05) is 6.92 Å². The van der Waals surface area contributed by atoms with Crippen LogP contribution in [0, 0.1) is 0 Å².